The SMILES string of the molecule is O=C[C@@H]1C=CC(SC(F)(F)F)=CC1. The van der Waals surface area contributed by atoms with E-state index in [0.29, 0.717) is 6.42 Å². The number of carbonyl (C=O) groups is 1. The van der Waals surface area contributed by atoms with E-state index in [0.717, 1.165) is 6.29 Å². The zero-order chi connectivity index (χ0) is 9.90. The van der Waals surface area contributed by atoms with Crippen LogP contribution in [0, 0.1) is 5.92 Å². The van der Waals surface area contributed by atoms with Gasteiger partial charge in [-0.1, -0.05) is 18.2 Å². The molecule has 0 aliphatic heterocycles. The molecule has 1 nitrogen and oxygen atoms in total. The number of thioether (sulfide) groups is 1. The lowest BCUT2D eigenvalue weighted by molar-refractivity contribution is -0.109. The predicted octanol–water partition coefficient (Wildman–Crippen LogP) is 2.90. The zero-order valence-electron chi connectivity index (χ0n) is 6.54. The van der Waals surface area contributed by atoms with Gasteiger partial charge in [0.1, 0.15) is 6.29 Å². The first-order valence-corrected chi connectivity index (χ1v) is 4.42. The van der Waals surface area contributed by atoms with Gasteiger partial charge in [0.25, 0.3) is 0 Å². The summed E-state index contributed by atoms with van der Waals surface area (Å²) in [5.41, 5.74) is -4.25. The van der Waals surface area contributed by atoms with E-state index in [-0.39, 0.29) is 22.6 Å². The van der Waals surface area contributed by atoms with Crippen molar-refractivity contribution in [1.82, 2.24) is 0 Å². The summed E-state index contributed by atoms with van der Waals surface area (Å²) in [7, 11) is 0. The smallest absolute Gasteiger partial charge is 0.303 e. The number of hydrogen-bond donors (Lipinski definition) is 0. The molecule has 0 aromatic rings. The van der Waals surface area contributed by atoms with Crippen LogP contribution in [-0.4, -0.2) is 11.8 Å². The Morgan fingerprint density at radius 1 is 1.54 bits per heavy atom. The van der Waals surface area contributed by atoms with Crippen molar-refractivity contribution in [2.75, 3.05) is 0 Å². The van der Waals surface area contributed by atoms with Crippen LogP contribution in [0.1, 0.15) is 6.42 Å². The normalized spacial score (nSPS) is 22.7. The van der Waals surface area contributed by atoms with Crippen LogP contribution in [0.4, 0.5) is 13.2 Å². The van der Waals surface area contributed by atoms with Gasteiger partial charge in [-0.3, -0.25) is 0 Å². The monoisotopic (exact) mass is 208 g/mol. The minimum absolute atomic E-state index is 0.151. The molecular formula is C8H7F3OS. The molecule has 0 unspecified atom stereocenters. The van der Waals surface area contributed by atoms with Crippen molar-refractivity contribution in [2.45, 2.75) is 11.9 Å². The molecule has 0 N–H and O–H groups in total. The number of carbonyl (C=O) groups excluding carboxylic acids is 1. The fourth-order valence-electron chi connectivity index (χ4n) is 0.928. The van der Waals surface area contributed by atoms with Crippen LogP contribution in [0.3, 0.4) is 0 Å². The summed E-state index contributed by atoms with van der Waals surface area (Å²) in [6.07, 6.45) is 5.33. The van der Waals surface area contributed by atoms with Gasteiger partial charge in [-0.15, -0.1) is 0 Å². The zero-order valence-corrected chi connectivity index (χ0v) is 7.36. The van der Waals surface area contributed by atoms with Crippen LogP contribution in [0.2, 0.25) is 0 Å². The summed E-state index contributed by atoms with van der Waals surface area (Å²) in [5, 5.41) is 0. The Morgan fingerprint density at radius 2 is 2.23 bits per heavy atom. The maximum absolute atomic E-state index is 11.8. The van der Waals surface area contributed by atoms with E-state index in [9.17, 15) is 18.0 Å². The number of aldehydes is 1. The maximum atomic E-state index is 11.8. The Hall–Kier alpha value is -0.710. The van der Waals surface area contributed by atoms with Crippen molar-refractivity contribution in [3.8, 4) is 0 Å². The summed E-state index contributed by atoms with van der Waals surface area (Å²) in [6.45, 7) is 0. The van der Waals surface area contributed by atoms with Crippen molar-refractivity contribution in [1.29, 1.82) is 0 Å². The topological polar surface area (TPSA) is 17.1 Å². The van der Waals surface area contributed by atoms with Gasteiger partial charge < -0.3 is 4.79 Å². The molecule has 0 heterocycles. The Bertz CT molecular complexity index is 255. The van der Waals surface area contributed by atoms with Crippen molar-refractivity contribution in [3.63, 3.8) is 0 Å². The van der Waals surface area contributed by atoms with E-state index in [1.54, 1.807) is 0 Å². The van der Waals surface area contributed by atoms with E-state index in [4.69, 9.17) is 0 Å². The van der Waals surface area contributed by atoms with Crippen molar-refractivity contribution in [2.24, 2.45) is 5.92 Å². The van der Waals surface area contributed by atoms with Crippen molar-refractivity contribution < 1.29 is 18.0 Å². The lowest BCUT2D eigenvalue weighted by atomic mass is 10.0. The molecule has 1 aliphatic carbocycles. The van der Waals surface area contributed by atoms with Crippen LogP contribution in [0.15, 0.2) is 23.1 Å². The summed E-state index contributed by atoms with van der Waals surface area (Å²) in [4.78, 5) is 10.4. The van der Waals surface area contributed by atoms with Gasteiger partial charge in [0.15, 0.2) is 0 Å². The summed E-state index contributed by atoms with van der Waals surface area (Å²) < 4.78 is 35.5. The highest BCUT2D eigenvalue weighted by Crippen LogP contribution is 2.38. The fraction of sp³-hybridized carbons (Fsp3) is 0.375. The van der Waals surface area contributed by atoms with Gasteiger partial charge in [-0.25, -0.2) is 0 Å². The first-order chi connectivity index (χ1) is 6.01. The second-order valence-corrected chi connectivity index (χ2v) is 3.69. The lowest BCUT2D eigenvalue weighted by Gasteiger charge is -2.11. The molecule has 0 amide bonds. The molecule has 0 saturated heterocycles. The van der Waals surface area contributed by atoms with E-state index in [2.05, 4.69) is 0 Å². The second-order valence-electron chi connectivity index (χ2n) is 2.55. The quantitative estimate of drug-likeness (QED) is 0.649. The van der Waals surface area contributed by atoms with E-state index in [1.165, 1.54) is 18.2 Å². The van der Waals surface area contributed by atoms with Crippen LogP contribution in [0.5, 0.6) is 0 Å². The van der Waals surface area contributed by atoms with Gasteiger partial charge in [0.2, 0.25) is 0 Å². The highest BCUT2D eigenvalue weighted by atomic mass is 32.2. The number of rotatable bonds is 2. The van der Waals surface area contributed by atoms with Gasteiger partial charge in [0, 0.05) is 10.8 Å². The fourth-order valence-corrected chi connectivity index (χ4v) is 1.52. The van der Waals surface area contributed by atoms with Gasteiger partial charge in [-0.2, -0.15) is 13.2 Å². The first-order valence-electron chi connectivity index (χ1n) is 3.60. The Morgan fingerprint density at radius 3 is 2.62 bits per heavy atom. The standard InChI is InChI=1S/C8H7F3OS/c9-8(10,11)13-7-3-1-6(5-12)2-4-7/h1,3-6H,2H2/t6-/m1/s1. The maximum Gasteiger partial charge on any atom is 0.446 e. The molecule has 0 aromatic heterocycles. The third-order valence-electron chi connectivity index (χ3n) is 1.51. The predicted molar refractivity (Wildman–Crippen MR) is 45.0 cm³/mol. The van der Waals surface area contributed by atoms with Gasteiger partial charge >= 0.3 is 5.51 Å². The molecule has 0 spiro atoms. The molecule has 72 valence electrons. The number of allylic oxidation sites excluding steroid dienone is 3. The largest absolute Gasteiger partial charge is 0.446 e. The highest BCUT2D eigenvalue weighted by molar-refractivity contribution is 8.04. The van der Waals surface area contributed by atoms with E-state index < -0.39 is 5.51 Å². The molecular weight excluding hydrogens is 201 g/mol. The van der Waals surface area contributed by atoms with Crippen molar-refractivity contribution in [3.05, 3.63) is 23.1 Å². The van der Waals surface area contributed by atoms with Crippen LogP contribution in [0.25, 0.3) is 0 Å². The second kappa shape index (κ2) is 4.00. The molecule has 13 heavy (non-hydrogen) atoms. The Labute approximate surface area is 77.7 Å². The average Bonchev–Trinajstić information content (AvgIpc) is 2.03. The van der Waals surface area contributed by atoms with Crippen molar-refractivity contribution >= 4 is 18.0 Å². The molecule has 0 saturated carbocycles. The third-order valence-corrected chi connectivity index (χ3v) is 2.28. The number of alkyl halides is 3. The third kappa shape index (κ3) is 3.67. The minimum atomic E-state index is -4.25. The Balaban J connectivity index is 2.53. The lowest BCUT2D eigenvalue weighted by Crippen LogP contribution is -2.04. The van der Waals surface area contributed by atoms with Gasteiger partial charge in [-0.05, 0) is 18.2 Å². The molecule has 1 atom stereocenters. The summed E-state index contributed by atoms with van der Waals surface area (Å²) in [5.74, 6) is -0.266. The minimum Gasteiger partial charge on any atom is -0.303 e. The Kier molecular flexibility index (Phi) is 3.19. The van der Waals surface area contributed by atoms with E-state index in [1.807, 2.05) is 0 Å². The molecule has 0 aromatic carbocycles. The molecule has 1 rings (SSSR count). The van der Waals surface area contributed by atoms with E-state index >= 15 is 0 Å². The molecule has 0 bridgehead atoms. The first kappa shape index (κ1) is 10.4. The molecule has 1 aliphatic rings. The highest BCUT2D eigenvalue weighted by Gasteiger charge is 2.30. The van der Waals surface area contributed by atoms with Gasteiger partial charge in [0.05, 0.1) is 0 Å². The van der Waals surface area contributed by atoms with Crippen LogP contribution >= 0.6 is 11.8 Å². The summed E-state index contributed by atoms with van der Waals surface area (Å²) >= 11 is -0.151. The van der Waals surface area contributed by atoms with Crippen LogP contribution in [-0.2, 0) is 4.79 Å². The number of hydrogen-bond acceptors (Lipinski definition) is 2. The molecule has 5 heteroatoms. The average molecular weight is 208 g/mol. The molecule has 0 fully saturated rings. The number of halogens is 3. The molecule has 0 radical (unpaired) electrons. The summed E-state index contributed by atoms with van der Waals surface area (Å²) in [6, 6.07) is 0. The van der Waals surface area contributed by atoms with Crippen LogP contribution < -0.4 is 0 Å².